The summed E-state index contributed by atoms with van der Waals surface area (Å²) in [7, 11) is 0. The molecule has 0 aliphatic carbocycles. The quantitative estimate of drug-likeness (QED) is 0.619. The molecule has 1 aliphatic rings. The van der Waals surface area contributed by atoms with E-state index in [1.807, 2.05) is 11.8 Å². The minimum Gasteiger partial charge on any atom is -0.312 e. The van der Waals surface area contributed by atoms with Gasteiger partial charge >= 0.3 is 0 Å². The number of nitrogens with one attached hydrogen (secondary N) is 1. The van der Waals surface area contributed by atoms with E-state index in [0.29, 0.717) is 0 Å². The van der Waals surface area contributed by atoms with Gasteiger partial charge in [-0.25, -0.2) is 0 Å². The van der Waals surface area contributed by atoms with Gasteiger partial charge < -0.3 is 5.32 Å². The summed E-state index contributed by atoms with van der Waals surface area (Å²) in [6.45, 7) is 1.95. The van der Waals surface area contributed by atoms with Crippen molar-refractivity contribution in [2.45, 2.75) is 24.3 Å². The summed E-state index contributed by atoms with van der Waals surface area (Å²) in [5.41, 5.74) is 2.94. The topological polar surface area (TPSA) is 12.0 Å². The van der Waals surface area contributed by atoms with Crippen LogP contribution < -0.4 is 5.32 Å². The molecule has 0 amide bonds. The molecule has 0 saturated carbocycles. The van der Waals surface area contributed by atoms with E-state index < -0.39 is 0 Å². The molecule has 1 aromatic rings. The Hall–Kier alpha value is -0.120. The SMILES string of the molecule is SCCNCc1ccc2c(c1)CCCS2. The first-order chi connectivity index (χ1) is 7.40. The Kier molecular flexibility index (Phi) is 4.42. The molecular weight excluding hydrogens is 222 g/mol. The van der Waals surface area contributed by atoms with E-state index in [2.05, 4.69) is 36.1 Å². The zero-order chi connectivity index (χ0) is 10.5. The molecular formula is C12H17NS2. The van der Waals surface area contributed by atoms with Gasteiger partial charge in [0.25, 0.3) is 0 Å². The number of hydrogen-bond acceptors (Lipinski definition) is 3. The van der Waals surface area contributed by atoms with Gasteiger partial charge in [-0.05, 0) is 35.8 Å². The molecule has 0 fully saturated rings. The lowest BCUT2D eigenvalue weighted by Gasteiger charge is -2.16. The van der Waals surface area contributed by atoms with Gasteiger partial charge in [-0.1, -0.05) is 12.1 Å². The third kappa shape index (κ3) is 3.16. The Morgan fingerprint density at radius 2 is 2.33 bits per heavy atom. The van der Waals surface area contributed by atoms with Gasteiger partial charge in [0.2, 0.25) is 0 Å². The highest BCUT2D eigenvalue weighted by atomic mass is 32.2. The fourth-order valence-corrected chi connectivity index (χ4v) is 3.01. The van der Waals surface area contributed by atoms with Crippen LogP contribution in [0.4, 0.5) is 0 Å². The van der Waals surface area contributed by atoms with Gasteiger partial charge in [-0.15, -0.1) is 11.8 Å². The van der Waals surface area contributed by atoms with Crippen LogP contribution in [0.15, 0.2) is 23.1 Å². The van der Waals surface area contributed by atoms with E-state index in [4.69, 9.17) is 0 Å². The molecule has 0 bridgehead atoms. The number of thioether (sulfide) groups is 1. The Morgan fingerprint density at radius 1 is 1.40 bits per heavy atom. The standard InChI is InChI=1S/C12H17NS2/c14-6-5-13-9-10-3-4-12-11(8-10)2-1-7-15-12/h3-4,8,13-14H,1-2,5-7,9H2. The summed E-state index contributed by atoms with van der Waals surface area (Å²) in [6, 6.07) is 6.87. The minimum atomic E-state index is 0.904. The molecule has 0 unspecified atom stereocenters. The maximum absolute atomic E-state index is 4.18. The van der Waals surface area contributed by atoms with Gasteiger partial charge in [-0.3, -0.25) is 0 Å². The summed E-state index contributed by atoms with van der Waals surface area (Å²) in [5.74, 6) is 2.19. The monoisotopic (exact) mass is 239 g/mol. The molecule has 82 valence electrons. The summed E-state index contributed by atoms with van der Waals surface area (Å²) in [4.78, 5) is 1.49. The number of aryl methyl sites for hydroxylation is 1. The van der Waals surface area contributed by atoms with Crippen molar-refractivity contribution in [1.29, 1.82) is 0 Å². The normalized spacial score (nSPS) is 15.0. The van der Waals surface area contributed by atoms with Crippen molar-refractivity contribution in [3.05, 3.63) is 29.3 Å². The van der Waals surface area contributed by atoms with Gasteiger partial charge in [0.05, 0.1) is 0 Å². The Balaban J connectivity index is 2.00. The zero-order valence-corrected chi connectivity index (χ0v) is 10.5. The van der Waals surface area contributed by atoms with Crippen molar-refractivity contribution in [1.82, 2.24) is 5.32 Å². The first-order valence-electron chi connectivity index (χ1n) is 5.46. The van der Waals surface area contributed by atoms with Crippen LogP contribution in [0.3, 0.4) is 0 Å². The van der Waals surface area contributed by atoms with Crippen LogP contribution >= 0.6 is 24.4 Å². The molecule has 15 heavy (non-hydrogen) atoms. The van der Waals surface area contributed by atoms with Crippen LogP contribution in [0.1, 0.15) is 17.5 Å². The van der Waals surface area contributed by atoms with E-state index in [9.17, 15) is 0 Å². The van der Waals surface area contributed by atoms with Crippen molar-refractivity contribution in [3.8, 4) is 0 Å². The maximum atomic E-state index is 4.18. The third-order valence-corrected chi connectivity index (χ3v) is 4.02. The lowest BCUT2D eigenvalue weighted by Crippen LogP contribution is -2.16. The molecule has 1 aromatic carbocycles. The van der Waals surface area contributed by atoms with Crippen molar-refractivity contribution in [3.63, 3.8) is 0 Å². The summed E-state index contributed by atoms with van der Waals surface area (Å²) < 4.78 is 0. The highest BCUT2D eigenvalue weighted by molar-refractivity contribution is 7.99. The van der Waals surface area contributed by atoms with Gasteiger partial charge in [0.15, 0.2) is 0 Å². The fourth-order valence-electron chi connectivity index (χ4n) is 1.84. The number of hydrogen-bond donors (Lipinski definition) is 2. The number of fused-ring (bicyclic) bond motifs is 1. The van der Waals surface area contributed by atoms with E-state index in [-0.39, 0.29) is 0 Å². The molecule has 1 aliphatic heterocycles. The molecule has 0 atom stereocenters. The van der Waals surface area contributed by atoms with E-state index in [1.54, 1.807) is 0 Å². The largest absolute Gasteiger partial charge is 0.312 e. The molecule has 1 nitrogen and oxygen atoms in total. The fraction of sp³-hybridized carbons (Fsp3) is 0.500. The summed E-state index contributed by atoms with van der Waals surface area (Å²) in [6.07, 6.45) is 2.58. The Labute approximate surface area is 101 Å². The molecule has 1 N–H and O–H groups in total. The van der Waals surface area contributed by atoms with E-state index in [1.165, 1.54) is 34.6 Å². The van der Waals surface area contributed by atoms with E-state index in [0.717, 1.165) is 18.8 Å². The number of thiol groups is 1. The summed E-state index contributed by atoms with van der Waals surface area (Å²) in [5, 5.41) is 3.37. The Bertz CT molecular complexity index is 325. The predicted octanol–water partition coefficient (Wildman–Crippen LogP) is 2.74. The van der Waals surface area contributed by atoms with Crippen LogP contribution in [0.5, 0.6) is 0 Å². The molecule has 0 spiro atoms. The Morgan fingerprint density at radius 3 is 3.20 bits per heavy atom. The second-order valence-corrected chi connectivity index (χ2v) is 5.38. The predicted molar refractivity (Wildman–Crippen MR) is 71.0 cm³/mol. The highest BCUT2D eigenvalue weighted by Gasteiger charge is 2.09. The van der Waals surface area contributed by atoms with Crippen LogP contribution in [0.25, 0.3) is 0 Å². The number of benzene rings is 1. The van der Waals surface area contributed by atoms with Crippen LogP contribution in [0, 0.1) is 0 Å². The summed E-state index contributed by atoms with van der Waals surface area (Å²) >= 11 is 6.17. The highest BCUT2D eigenvalue weighted by Crippen LogP contribution is 2.30. The second kappa shape index (κ2) is 5.83. The van der Waals surface area contributed by atoms with Crippen LogP contribution in [0.2, 0.25) is 0 Å². The lowest BCUT2D eigenvalue weighted by molar-refractivity contribution is 0.730. The molecule has 0 radical (unpaired) electrons. The van der Waals surface area contributed by atoms with Gasteiger partial charge in [-0.2, -0.15) is 12.6 Å². The average Bonchev–Trinajstić information content (AvgIpc) is 2.29. The first-order valence-corrected chi connectivity index (χ1v) is 7.08. The lowest BCUT2D eigenvalue weighted by atomic mass is 10.1. The van der Waals surface area contributed by atoms with E-state index >= 15 is 0 Å². The number of rotatable bonds is 4. The van der Waals surface area contributed by atoms with Crippen molar-refractivity contribution in [2.24, 2.45) is 0 Å². The molecule has 1 heterocycles. The van der Waals surface area contributed by atoms with Gasteiger partial charge in [0, 0.05) is 23.7 Å². The maximum Gasteiger partial charge on any atom is 0.0205 e. The van der Waals surface area contributed by atoms with Crippen LogP contribution in [-0.2, 0) is 13.0 Å². The molecule has 2 rings (SSSR count). The molecule has 0 aromatic heterocycles. The van der Waals surface area contributed by atoms with Crippen LogP contribution in [-0.4, -0.2) is 18.1 Å². The van der Waals surface area contributed by atoms with Crippen molar-refractivity contribution in [2.75, 3.05) is 18.1 Å². The van der Waals surface area contributed by atoms with Gasteiger partial charge in [0.1, 0.15) is 0 Å². The smallest absolute Gasteiger partial charge is 0.0205 e. The molecule has 3 heteroatoms. The third-order valence-electron chi connectivity index (χ3n) is 2.59. The van der Waals surface area contributed by atoms with Crippen molar-refractivity contribution >= 4 is 24.4 Å². The second-order valence-electron chi connectivity index (χ2n) is 3.79. The minimum absolute atomic E-state index is 0.904. The first kappa shape index (κ1) is 11.4. The van der Waals surface area contributed by atoms with Crippen molar-refractivity contribution < 1.29 is 0 Å². The average molecular weight is 239 g/mol. The molecule has 0 saturated heterocycles. The zero-order valence-electron chi connectivity index (χ0n) is 8.83.